The summed E-state index contributed by atoms with van der Waals surface area (Å²) < 4.78 is 11.0. The number of Topliss-reactive ketones (excluding diaryl/α,β-unsaturated/α-hetero) is 1. The molecule has 0 unspecified atom stereocenters. The Morgan fingerprint density at radius 3 is 2.45 bits per heavy atom. The first kappa shape index (κ1) is 21.0. The van der Waals surface area contributed by atoms with Gasteiger partial charge in [0.25, 0.3) is 0 Å². The average Bonchev–Trinajstić information content (AvgIpc) is 3.13. The topological polar surface area (TPSA) is 81.7 Å². The normalized spacial score (nSPS) is 19.4. The Labute approximate surface area is 177 Å². The summed E-state index contributed by atoms with van der Waals surface area (Å²) in [5, 5.41) is 2.76. The zero-order chi connectivity index (χ0) is 20.9. The van der Waals surface area contributed by atoms with Crippen LogP contribution in [0.4, 0.5) is 4.79 Å². The van der Waals surface area contributed by atoms with E-state index in [2.05, 4.69) is 21.2 Å². The highest BCUT2D eigenvalue weighted by molar-refractivity contribution is 9.10. The third-order valence-corrected chi connectivity index (χ3v) is 5.93. The number of ketones is 1. The molecule has 152 valence electrons. The summed E-state index contributed by atoms with van der Waals surface area (Å²) in [4.78, 5) is 38.3. The van der Waals surface area contributed by atoms with Crippen molar-refractivity contribution in [1.29, 1.82) is 0 Å². The number of benzene rings is 2. The SMILES string of the molecule is COC(=O)[C@]1([C@H](NC(=O)OCc2ccccc2)c2ccccc2Br)CCCC1=O. The van der Waals surface area contributed by atoms with Crippen LogP contribution in [0.1, 0.15) is 36.4 Å². The third-order valence-electron chi connectivity index (χ3n) is 5.21. The minimum absolute atomic E-state index is 0.0779. The predicted molar refractivity (Wildman–Crippen MR) is 110 cm³/mol. The van der Waals surface area contributed by atoms with Crippen molar-refractivity contribution in [1.82, 2.24) is 5.32 Å². The molecule has 0 spiro atoms. The van der Waals surface area contributed by atoms with E-state index in [0.717, 1.165) is 5.56 Å². The zero-order valence-corrected chi connectivity index (χ0v) is 17.6. The fourth-order valence-corrected chi connectivity index (χ4v) is 4.28. The number of amides is 1. The minimum atomic E-state index is -1.48. The van der Waals surface area contributed by atoms with Crippen molar-refractivity contribution in [3.05, 3.63) is 70.2 Å². The van der Waals surface area contributed by atoms with E-state index in [9.17, 15) is 14.4 Å². The second-order valence-corrected chi connectivity index (χ2v) is 7.75. The summed E-state index contributed by atoms with van der Waals surface area (Å²) in [5.41, 5.74) is -0.0331. The smallest absolute Gasteiger partial charge is 0.408 e. The van der Waals surface area contributed by atoms with E-state index in [-0.39, 0.29) is 18.8 Å². The van der Waals surface area contributed by atoms with Crippen LogP contribution in [-0.4, -0.2) is 25.0 Å². The van der Waals surface area contributed by atoms with Crippen molar-refractivity contribution < 1.29 is 23.9 Å². The van der Waals surface area contributed by atoms with Crippen molar-refractivity contribution in [3.63, 3.8) is 0 Å². The van der Waals surface area contributed by atoms with Crippen molar-refractivity contribution in [2.24, 2.45) is 5.41 Å². The number of methoxy groups -OCH3 is 1. The lowest BCUT2D eigenvalue weighted by atomic mass is 9.74. The van der Waals surface area contributed by atoms with E-state index < -0.39 is 23.5 Å². The van der Waals surface area contributed by atoms with Crippen molar-refractivity contribution in [3.8, 4) is 0 Å². The molecule has 1 amide bonds. The molecule has 0 heterocycles. The van der Waals surface area contributed by atoms with E-state index in [4.69, 9.17) is 9.47 Å². The molecule has 1 aliphatic rings. The van der Waals surface area contributed by atoms with Crippen LogP contribution < -0.4 is 5.32 Å². The van der Waals surface area contributed by atoms with Gasteiger partial charge in [0.05, 0.1) is 13.2 Å². The van der Waals surface area contributed by atoms with Crippen LogP contribution in [0.15, 0.2) is 59.1 Å². The Morgan fingerprint density at radius 1 is 1.14 bits per heavy atom. The van der Waals surface area contributed by atoms with Crippen LogP contribution in [0.5, 0.6) is 0 Å². The van der Waals surface area contributed by atoms with Gasteiger partial charge in [0.15, 0.2) is 11.2 Å². The molecule has 1 aliphatic carbocycles. The molecule has 0 aliphatic heterocycles. The first-order valence-electron chi connectivity index (χ1n) is 9.32. The van der Waals surface area contributed by atoms with E-state index in [1.807, 2.05) is 36.4 Å². The Kier molecular flexibility index (Phi) is 6.69. The van der Waals surface area contributed by atoms with Crippen molar-refractivity contribution in [2.75, 3.05) is 7.11 Å². The molecule has 29 heavy (non-hydrogen) atoms. The van der Waals surface area contributed by atoms with E-state index >= 15 is 0 Å². The van der Waals surface area contributed by atoms with Crippen molar-refractivity contribution in [2.45, 2.75) is 31.9 Å². The molecular formula is C22H22BrNO5. The van der Waals surface area contributed by atoms with Crippen LogP contribution in [0.3, 0.4) is 0 Å². The number of esters is 1. The molecule has 3 rings (SSSR count). The molecular weight excluding hydrogens is 438 g/mol. The quantitative estimate of drug-likeness (QED) is 0.513. The summed E-state index contributed by atoms with van der Waals surface area (Å²) in [6, 6.07) is 15.5. The standard InChI is InChI=1S/C22H22BrNO5/c1-28-20(26)22(13-7-12-18(22)25)19(16-10-5-6-11-17(16)23)24-21(27)29-14-15-8-3-2-4-9-15/h2-6,8-11,19H,7,12-14H2,1H3,(H,24,27)/t19-,22-/m1/s1. The van der Waals surface area contributed by atoms with E-state index in [1.165, 1.54) is 7.11 Å². The van der Waals surface area contributed by atoms with Gasteiger partial charge >= 0.3 is 12.1 Å². The largest absolute Gasteiger partial charge is 0.468 e. The fourth-order valence-electron chi connectivity index (χ4n) is 3.77. The van der Waals surface area contributed by atoms with Crippen LogP contribution in [-0.2, 0) is 25.7 Å². The van der Waals surface area contributed by atoms with Gasteiger partial charge in [-0.1, -0.05) is 64.5 Å². The maximum absolute atomic E-state index is 12.9. The highest BCUT2D eigenvalue weighted by atomic mass is 79.9. The lowest BCUT2D eigenvalue weighted by Gasteiger charge is -2.34. The average molecular weight is 460 g/mol. The summed E-state index contributed by atoms with van der Waals surface area (Å²) in [7, 11) is 1.25. The lowest BCUT2D eigenvalue weighted by Crippen LogP contribution is -2.49. The van der Waals surface area contributed by atoms with E-state index in [1.54, 1.807) is 18.2 Å². The van der Waals surface area contributed by atoms with Crippen molar-refractivity contribution >= 4 is 33.8 Å². The number of alkyl carbamates (subject to hydrolysis) is 1. The number of ether oxygens (including phenoxy) is 2. The summed E-state index contributed by atoms with van der Waals surface area (Å²) >= 11 is 3.47. The number of rotatable bonds is 6. The summed E-state index contributed by atoms with van der Waals surface area (Å²) in [5.74, 6) is -0.891. The molecule has 2 aromatic carbocycles. The van der Waals surface area contributed by atoms with Gasteiger partial charge in [-0.15, -0.1) is 0 Å². The molecule has 2 aromatic rings. The van der Waals surface area contributed by atoms with Gasteiger partial charge in [0.2, 0.25) is 0 Å². The van der Waals surface area contributed by atoms with Gasteiger partial charge in [0, 0.05) is 10.9 Å². The van der Waals surface area contributed by atoms with Crippen LogP contribution >= 0.6 is 15.9 Å². The lowest BCUT2D eigenvalue weighted by molar-refractivity contribution is -0.158. The first-order chi connectivity index (χ1) is 14.0. The number of hydrogen-bond donors (Lipinski definition) is 1. The Bertz CT molecular complexity index is 901. The summed E-state index contributed by atoms with van der Waals surface area (Å²) in [6.07, 6.45) is 0.396. The zero-order valence-electron chi connectivity index (χ0n) is 16.0. The van der Waals surface area contributed by atoms with Gasteiger partial charge in [-0.05, 0) is 30.0 Å². The van der Waals surface area contributed by atoms with Gasteiger partial charge < -0.3 is 14.8 Å². The second kappa shape index (κ2) is 9.22. The van der Waals surface area contributed by atoms with E-state index in [0.29, 0.717) is 22.9 Å². The fraction of sp³-hybridized carbons (Fsp3) is 0.318. The van der Waals surface area contributed by atoms with Gasteiger partial charge in [-0.3, -0.25) is 9.59 Å². The molecule has 1 saturated carbocycles. The number of nitrogens with one attached hydrogen (secondary N) is 1. The Balaban J connectivity index is 1.91. The van der Waals surface area contributed by atoms with Gasteiger partial charge in [-0.25, -0.2) is 4.79 Å². The van der Waals surface area contributed by atoms with Gasteiger partial charge in [0.1, 0.15) is 6.61 Å². The van der Waals surface area contributed by atoms with Crippen LogP contribution in [0.2, 0.25) is 0 Å². The molecule has 0 bridgehead atoms. The number of carbonyl (C=O) groups excluding carboxylic acids is 3. The highest BCUT2D eigenvalue weighted by Crippen LogP contribution is 2.47. The maximum Gasteiger partial charge on any atom is 0.408 e. The van der Waals surface area contributed by atoms with Crippen LogP contribution in [0.25, 0.3) is 0 Å². The van der Waals surface area contributed by atoms with Gasteiger partial charge in [-0.2, -0.15) is 0 Å². The monoisotopic (exact) mass is 459 g/mol. The molecule has 0 saturated heterocycles. The third kappa shape index (κ3) is 4.34. The van der Waals surface area contributed by atoms with Crippen LogP contribution in [0, 0.1) is 5.41 Å². The molecule has 7 heteroatoms. The Hall–Kier alpha value is -2.67. The Morgan fingerprint density at radius 2 is 1.83 bits per heavy atom. The summed E-state index contributed by atoms with van der Waals surface area (Å²) in [6.45, 7) is 0.0779. The molecule has 1 fully saturated rings. The number of carbonyl (C=O) groups is 3. The molecule has 2 atom stereocenters. The predicted octanol–water partition coefficient (Wildman–Crippen LogP) is 4.33. The molecule has 0 aromatic heterocycles. The maximum atomic E-state index is 12.9. The number of hydrogen-bond acceptors (Lipinski definition) is 5. The number of halogens is 1. The highest BCUT2D eigenvalue weighted by Gasteiger charge is 2.56. The molecule has 1 N–H and O–H groups in total. The minimum Gasteiger partial charge on any atom is -0.468 e. The first-order valence-corrected chi connectivity index (χ1v) is 10.1. The second-order valence-electron chi connectivity index (χ2n) is 6.90. The molecule has 0 radical (unpaired) electrons. The molecule has 6 nitrogen and oxygen atoms in total.